The molecule has 1 N–H and O–H groups in total. The fourth-order valence-corrected chi connectivity index (χ4v) is 4.18. The van der Waals surface area contributed by atoms with Gasteiger partial charge in [0.2, 0.25) is 5.91 Å². The van der Waals surface area contributed by atoms with Gasteiger partial charge in [0.15, 0.2) is 5.65 Å². The zero-order valence-corrected chi connectivity index (χ0v) is 17.3. The molecule has 7 heteroatoms. The topological polar surface area (TPSA) is 72.7 Å². The van der Waals surface area contributed by atoms with Crippen LogP contribution in [0, 0.1) is 13.8 Å². The third kappa shape index (κ3) is 4.00. The van der Waals surface area contributed by atoms with Crippen molar-refractivity contribution in [2.24, 2.45) is 7.05 Å². The molecule has 2 aromatic heterocycles. The van der Waals surface area contributed by atoms with Crippen molar-refractivity contribution in [3.63, 3.8) is 0 Å². The minimum Gasteiger partial charge on any atom is -0.325 e. The quantitative estimate of drug-likeness (QED) is 0.394. The number of carbonyl (C=O) groups is 1. The van der Waals surface area contributed by atoms with Crippen molar-refractivity contribution in [3.8, 4) is 0 Å². The Hall–Kier alpha value is -3.19. The van der Waals surface area contributed by atoms with E-state index in [9.17, 15) is 4.79 Å². The maximum Gasteiger partial charge on any atom is 0.242 e. The number of benzene rings is 2. The first-order valence-corrected chi connectivity index (χ1v) is 10.1. The van der Waals surface area contributed by atoms with Gasteiger partial charge >= 0.3 is 0 Å². The van der Waals surface area contributed by atoms with Crippen LogP contribution in [0.2, 0.25) is 0 Å². The minimum absolute atomic E-state index is 0.0921. The molecule has 1 amide bonds. The molecule has 0 unspecified atom stereocenters. The summed E-state index contributed by atoms with van der Waals surface area (Å²) in [5, 5.41) is 8.47. The number of aromatic nitrogens is 4. The Balaban J connectivity index is 1.70. The number of rotatable bonds is 5. The number of nitrogens with one attached hydrogen (secondary N) is 1. The lowest BCUT2D eigenvalue weighted by Crippen LogP contribution is -2.19. The van der Waals surface area contributed by atoms with E-state index in [4.69, 9.17) is 0 Å². The van der Waals surface area contributed by atoms with Gasteiger partial charge in [-0.25, -0.2) is 9.97 Å². The average Bonchev–Trinajstić information content (AvgIpc) is 3.11. The molecule has 2 heterocycles. The molecular formula is C22H21N5OS. The van der Waals surface area contributed by atoms with Gasteiger partial charge in [-0.05, 0) is 36.6 Å². The van der Waals surface area contributed by atoms with Crippen molar-refractivity contribution < 1.29 is 4.79 Å². The second-order valence-corrected chi connectivity index (χ2v) is 7.99. The molecule has 0 bridgehead atoms. The number of carbonyl (C=O) groups excluding carboxylic acids is 1. The van der Waals surface area contributed by atoms with E-state index in [-0.39, 0.29) is 5.91 Å². The highest BCUT2D eigenvalue weighted by Gasteiger charge is 2.25. The van der Waals surface area contributed by atoms with E-state index in [1.54, 1.807) is 10.9 Å². The molecule has 0 fully saturated rings. The second-order valence-electron chi connectivity index (χ2n) is 6.90. The average molecular weight is 404 g/mol. The van der Waals surface area contributed by atoms with Gasteiger partial charge in [0.25, 0.3) is 0 Å². The summed E-state index contributed by atoms with van der Waals surface area (Å²) in [6.45, 7) is 4.00. The lowest BCUT2D eigenvalue weighted by molar-refractivity contribution is -0.115. The van der Waals surface area contributed by atoms with Gasteiger partial charge in [0.05, 0.1) is 11.6 Å². The molecule has 0 spiro atoms. The predicted molar refractivity (Wildman–Crippen MR) is 116 cm³/mol. The largest absolute Gasteiger partial charge is 0.325 e. The van der Waals surface area contributed by atoms with Crippen molar-refractivity contribution in [1.29, 1.82) is 0 Å². The van der Waals surface area contributed by atoms with Crippen molar-refractivity contribution >= 4 is 34.4 Å². The molecule has 146 valence electrons. The lowest BCUT2D eigenvalue weighted by Gasteiger charge is -2.18. The van der Waals surface area contributed by atoms with Crippen LogP contribution < -0.4 is 5.32 Å². The summed E-state index contributed by atoms with van der Waals surface area (Å²) in [5.74, 6) is -0.0921. The molecule has 0 aliphatic carbocycles. The number of anilines is 1. The Kier molecular flexibility index (Phi) is 5.31. The van der Waals surface area contributed by atoms with E-state index < -0.39 is 5.25 Å². The van der Waals surface area contributed by atoms with Crippen molar-refractivity contribution in [3.05, 3.63) is 77.7 Å². The molecule has 6 nitrogen and oxygen atoms in total. The number of fused-ring (bicyclic) bond motifs is 1. The van der Waals surface area contributed by atoms with Crippen LogP contribution in [0.5, 0.6) is 0 Å². The predicted octanol–water partition coefficient (Wildman–Crippen LogP) is 4.45. The highest BCUT2D eigenvalue weighted by molar-refractivity contribution is 8.00. The van der Waals surface area contributed by atoms with Crippen molar-refractivity contribution in [2.45, 2.75) is 24.1 Å². The standard InChI is InChI=1S/C22H21N5OS/c1-14-9-10-15(2)18(11-14)26-21(28)19(16-7-5-4-6-8-16)29-22-17-12-25-27(3)20(17)23-13-24-22/h4-13,19H,1-3H3,(H,26,28)/t19-/m1/s1. The fourth-order valence-electron chi connectivity index (χ4n) is 3.12. The molecule has 4 aromatic rings. The van der Waals surface area contributed by atoms with Gasteiger partial charge in [-0.1, -0.05) is 54.2 Å². The second kappa shape index (κ2) is 8.05. The van der Waals surface area contributed by atoms with Gasteiger partial charge in [0, 0.05) is 12.7 Å². The SMILES string of the molecule is Cc1ccc(C)c(NC(=O)[C@H](Sc2ncnc3c2cnn3C)c2ccccc2)c1. The molecule has 4 rings (SSSR count). The van der Waals surface area contributed by atoms with Crippen LogP contribution in [0.25, 0.3) is 11.0 Å². The summed E-state index contributed by atoms with van der Waals surface area (Å²) in [4.78, 5) is 22.0. The van der Waals surface area contributed by atoms with Crippen LogP contribution in [0.4, 0.5) is 5.69 Å². The van der Waals surface area contributed by atoms with Gasteiger partial charge in [-0.3, -0.25) is 9.48 Å². The van der Waals surface area contributed by atoms with E-state index in [2.05, 4.69) is 20.4 Å². The molecule has 29 heavy (non-hydrogen) atoms. The zero-order chi connectivity index (χ0) is 20.4. The summed E-state index contributed by atoms with van der Waals surface area (Å²) in [6, 6.07) is 15.8. The van der Waals surface area contributed by atoms with Crippen LogP contribution in [0.15, 0.2) is 66.1 Å². The minimum atomic E-state index is -0.464. The Morgan fingerprint density at radius 2 is 1.90 bits per heavy atom. The number of aryl methyl sites for hydroxylation is 3. The van der Waals surface area contributed by atoms with Gasteiger partial charge in [-0.15, -0.1) is 0 Å². The maximum atomic E-state index is 13.3. The Bertz CT molecular complexity index is 1170. The Morgan fingerprint density at radius 1 is 1.10 bits per heavy atom. The summed E-state index contributed by atoms with van der Waals surface area (Å²) in [5.41, 5.74) is 4.60. The fraction of sp³-hybridized carbons (Fsp3) is 0.182. The highest BCUT2D eigenvalue weighted by Crippen LogP contribution is 2.38. The number of thioether (sulfide) groups is 1. The number of hydrogen-bond acceptors (Lipinski definition) is 5. The van der Waals surface area contributed by atoms with Gasteiger partial charge in [0.1, 0.15) is 16.6 Å². The first-order chi connectivity index (χ1) is 14.0. The lowest BCUT2D eigenvalue weighted by atomic mass is 10.1. The normalized spacial score (nSPS) is 12.1. The molecular weight excluding hydrogens is 382 g/mol. The number of nitrogens with zero attached hydrogens (tertiary/aromatic N) is 4. The molecule has 0 aliphatic heterocycles. The number of amides is 1. The van der Waals surface area contributed by atoms with Crippen LogP contribution >= 0.6 is 11.8 Å². The van der Waals surface area contributed by atoms with Crippen molar-refractivity contribution in [2.75, 3.05) is 5.32 Å². The van der Waals surface area contributed by atoms with Crippen LogP contribution in [0.1, 0.15) is 21.9 Å². The summed E-state index contributed by atoms with van der Waals surface area (Å²) >= 11 is 1.41. The third-order valence-electron chi connectivity index (χ3n) is 4.71. The first-order valence-electron chi connectivity index (χ1n) is 9.25. The van der Waals surface area contributed by atoms with E-state index >= 15 is 0 Å². The summed E-state index contributed by atoms with van der Waals surface area (Å²) in [6.07, 6.45) is 3.25. The maximum absolute atomic E-state index is 13.3. The smallest absolute Gasteiger partial charge is 0.242 e. The summed E-state index contributed by atoms with van der Waals surface area (Å²) < 4.78 is 1.70. The van der Waals surface area contributed by atoms with Gasteiger partial charge < -0.3 is 5.32 Å². The van der Waals surface area contributed by atoms with E-state index in [1.165, 1.54) is 18.1 Å². The summed E-state index contributed by atoms with van der Waals surface area (Å²) in [7, 11) is 1.84. The van der Waals surface area contributed by atoms with E-state index in [1.807, 2.05) is 69.4 Å². The first kappa shape index (κ1) is 19.1. The number of hydrogen-bond donors (Lipinski definition) is 1. The van der Waals surface area contributed by atoms with Crippen LogP contribution in [-0.4, -0.2) is 25.7 Å². The van der Waals surface area contributed by atoms with Gasteiger partial charge in [-0.2, -0.15) is 5.10 Å². The highest BCUT2D eigenvalue weighted by atomic mass is 32.2. The monoisotopic (exact) mass is 403 g/mol. The van der Waals surface area contributed by atoms with Crippen molar-refractivity contribution in [1.82, 2.24) is 19.7 Å². The molecule has 0 radical (unpaired) electrons. The van der Waals surface area contributed by atoms with Crippen LogP contribution in [-0.2, 0) is 11.8 Å². The molecule has 1 atom stereocenters. The van der Waals surface area contributed by atoms with E-state index in [0.717, 1.165) is 38.4 Å². The molecule has 2 aromatic carbocycles. The molecule has 0 saturated carbocycles. The van der Waals surface area contributed by atoms with Crippen LogP contribution in [0.3, 0.4) is 0 Å². The zero-order valence-electron chi connectivity index (χ0n) is 16.5. The molecule has 0 aliphatic rings. The Morgan fingerprint density at radius 3 is 2.69 bits per heavy atom. The Labute approximate surface area is 173 Å². The van der Waals surface area contributed by atoms with E-state index in [0.29, 0.717) is 0 Å². The third-order valence-corrected chi connectivity index (χ3v) is 5.98. The molecule has 0 saturated heterocycles.